The Labute approximate surface area is 205 Å². The third-order valence-corrected chi connectivity index (χ3v) is 7.68. The molecule has 4 heterocycles. The Hall–Kier alpha value is -3.32. The molecule has 0 spiro atoms. The number of fused-ring (bicyclic) bond motifs is 10. The van der Waals surface area contributed by atoms with Gasteiger partial charge in [0.15, 0.2) is 0 Å². The van der Waals surface area contributed by atoms with E-state index in [9.17, 15) is 14.7 Å². The Bertz CT molecular complexity index is 1200. The molecule has 0 radical (unpaired) electrons. The van der Waals surface area contributed by atoms with Crippen molar-refractivity contribution in [2.45, 2.75) is 32.1 Å². The average molecular weight is 476 g/mol. The highest BCUT2D eigenvalue weighted by molar-refractivity contribution is 6.06. The fourth-order valence-electron chi connectivity index (χ4n) is 5.44. The van der Waals surface area contributed by atoms with Gasteiger partial charge in [-0.25, -0.2) is 0 Å². The molecule has 3 aliphatic rings. The van der Waals surface area contributed by atoms with E-state index in [1.165, 1.54) is 0 Å². The van der Waals surface area contributed by atoms with Gasteiger partial charge >= 0.3 is 0 Å². The topological polar surface area (TPSA) is 85.9 Å². The number of aromatic amines is 1. The van der Waals surface area contributed by atoms with Crippen molar-refractivity contribution in [3.05, 3.63) is 65.9 Å². The molecular formula is C28H33N3O4. The summed E-state index contributed by atoms with van der Waals surface area (Å²) < 4.78 is 6.08. The number of hydrogen-bond donors (Lipinski definition) is 2. The Kier molecular flexibility index (Phi) is 6.77. The van der Waals surface area contributed by atoms with Crippen molar-refractivity contribution in [3.63, 3.8) is 0 Å². The van der Waals surface area contributed by atoms with Gasteiger partial charge in [0, 0.05) is 48.9 Å². The van der Waals surface area contributed by atoms with Crippen LogP contribution in [0.1, 0.15) is 52.8 Å². The summed E-state index contributed by atoms with van der Waals surface area (Å²) in [5.41, 5.74) is 2.01. The van der Waals surface area contributed by atoms with Crippen LogP contribution in [0.3, 0.4) is 0 Å². The monoisotopic (exact) mass is 475 g/mol. The van der Waals surface area contributed by atoms with Crippen LogP contribution in [-0.4, -0.2) is 71.1 Å². The number of piperidine rings is 1. The lowest BCUT2D eigenvalue weighted by molar-refractivity contribution is 0.0297. The summed E-state index contributed by atoms with van der Waals surface area (Å²) in [6, 6.07) is 15.0. The fourth-order valence-corrected chi connectivity index (χ4v) is 5.44. The van der Waals surface area contributed by atoms with Crippen molar-refractivity contribution in [1.29, 1.82) is 0 Å². The molecule has 1 fully saturated rings. The molecule has 6 rings (SSSR count). The highest BCUT2D eigenvalue weighted by atomic mass is 16.5. The number of hydrogen-bond acceptors (Lipinski definition) is 4. The van der Waals surface area contributed by atoms with E-state index in [0.29, 0.717) is 49.7 Å². The number of aliphatic hydroxyl groups is 1. The van der Waals surface area contributed by atoms with E-state index in [2.05, 4.69) is 4.98 Å². The number of ether oxygens (including phenoxy) is 1. The summed E-state index contributed by atoms with van der Waals surface area (Å²) in [6.45, 7) is 2.76. The van der Waals surface area contributed by atoms with Gasteiger partial charge in [0.25, 0.3) is 11.8 Å². The van der Waals surface area contributed by atoms with Gasteiger partial charge in [-0.2, -0.15) is 0 Å². The van der Waals surface area contributed by atoms with Gasteiger partial charge in [-0.3, -0.25) is 9.59 Å². The van der Waals surface area contributed by atoms with Crippen molar-refractivity contribution >= 4 is 22.7 Å². The standard InChI is InChI=1S/C28H33N3O4/c32-20-28-11-3-4-15-30(26(33)22-7-5-8-24-21(22)10-14-29-24)18-19-35-25-9-2-1-6-23(25)27(34)31(16-12-28)17-13-28/h1-2,5-10,14,29,32H,3-4,11-13,15-20H2. The number of amides is 2. The minimum absolute atomic E-state index is 0.0172. The zero-order valence-corrected chi connectivity index (χ0v) is 20.0. The second kappa shape index (κ2) is 10.1. The molecule has 184 valence electrons. The predicted octanol–water partition coefficient (Wildman–Crippen LogP) is 4.09. The molecule has 7 nitrogen and oxygen atoms in total. The molecule has 35 heavy (non-hydrogen) atoms. The number of aromatic nitrogens is 1. The van der Waals surface area contributed by atoms with E-state index in [1.54, 1.807) is 6.07 Å². The molecule has 1 aromatic heterocycles. The van der Waals surface area contributed by atoms with Crippen LogP contribution in [-0.2, 0) is 0 Å². The molecule has 7 heteroatoms. The minimum Gasteiger partial charge on any atom is -0.491 e. The van der Waals surface area contributed by atoms with E-state index in [1.807, 2.05) is 58.5 Å². The van der Waals surface area contributed by atoms with Crippen LogP contribution in [0.5, 0.6) is 5.75 Å². The number of nitrogens with one attached hydrogen (secondary N) is 1. The summed E-state index contributed by atoms with van der Waals surface area (Å²) in [6.07, 6.45) is 6.11. The lowest BCUT2D eigenvalue weighted by atomic mass is 9.75. The molecule has 0 aliphatic carbocycles. The number of benzene rings is 2. The lowest BCUT2D eigenvalue weighted by Crippen LogP contribution is -2.44. The van der Waals surface area contributed by atoms with Crippen LogP contribution in [0.15, 0.2) is 54.7 Å². The number of rotatable bonds is 2. The molecular weight excluding hydrogens is 442 g/mol. The van der Waals surface area contributed by atoms with Gasteiger partial charge < -0.3 is 24.6 Å². The number of nitrogens with zero attached hydrogens (tertiary/aromatic N) is 2. The fraction of sp³-hybridized carbons (Fsp3) is 0.429. The largest absolute Gasteiger partial charge is 0.491 e. The summed E-state index contributed by atoms with van der Waals surface area (Å²) in [4.78, 5) is 33.8. The third kappa shape index (κ3) is 4.78. The van der Waals surface area contributed by atoms with Crippen molar-refractivity contribution in [3.8, 4) is 5.75 Å². The molecule has 2 bridgehead atoms. The Morgan fingerprint density at radius 1 is 0.971 bits per heavy atom. The molecule has 3 aliphatic heterocycles. The number of H-pyrrole nitrogens is 1. The normalized spacial score (nSPS) is 19.1. The Morgan fingerprint density at radius 3 is 2.63 bits per heavy atom. The zero-order valence-electron chi connectivity index (χ0n) is 20.0. The number of aliphatic hydroxyl groups excluding tert-OH is 1. The van der Waals surface area contributed by atoms with Crippen LogP contribution in [0.4, 0.5) is 0 Å². The number of para-hydroxylation sites is 1. The molecule has 2 aromatic carbocycles. The summed E-state index contributed by atoms with van der Waals surface area (Å²) in [5.74, 6) is 0.497. The molecule has 0 unspecified atom stereocenters. The number of carbonyl (C=O) groups excluding carboxylic acids is 2. The van der Waals surface area contributed by atoms with Crippen molar-refractivity contribution in [1.82, 2.24) is 14.8 Å². The summed E-state index contributed by atoms with van der Waals surface area (Å²) in [5, 5.41) is 11.1. The quantitative estimate of drug-likeness (QED) is 0.585. The van der Waals surface area contributed by atoms with Crippen molar-refractivity contribution in [2.75, 3.05) is 39.4 Å². The first-order valence-electron chi connectivity index (χ1n) is 12.6. The molecule has 3 aromatic rings. The zero-order chi connectivity index (χ0) is 24.3. The first-order valence-corrected chi connectivity index (χ1v) is 12.6. The first-order chi connectivity index (χ1) is 17.1. The molecule has 2 N–H and O–H groups in total. The predicted molar refractivity (Wildman–Crippen MR) is 135 cm³/mol. The van der Waals surface area contributed by atoms with Crippen LogP contribution >= 0.6 is 0 Å². The average Bonchev–Trinajstić information content (AvgIpc) is 3.38. The van der Waals surface area contributed by atoms with Crippen molar-refractivity contribution in [2.24, 2.45) is 5.41 Å². The molecule has 1 saturated heterocycles. The van der Waals surface area contributed by atoms with Gasteiger partial charge in [0.2, 0.25) is 0 Å². The van der Waals surface area contributed by atoms with E-state index in [-0.39, 0.29) is 23.8 Å². The smallest absolute Gasteiger partial charge is 0.257 e. The maximum atomic E-state index is 13.6. The summed E-state index contributed by atoms with van der Waals surface area (Å²) in [7, 11) is 0. The van der Waals surface area contributed by atoms with Gasteiger partial charge in [-0.05, 0) is 61.4 Å². The van der Waals surface area contributed by atoms with Crippen LogP contribution in [0.25, 0.3) is 10.9 Å². The summed E-state index contributed by atoms with van der Waals surface area (Å²) >= 11 is 0. The van der Waals surface area contributed by atoms with Gasteiger partial charge in [-0.15, -0.1) is 0 Å². The SMILES string of the molecule is O=C1c2ccccc2OCCN(C(=O)c2cccc3[nH]ccc23)CCCCC2(CO)CCN1CC2. The second-order valence-corrected chi connectivity index (χ2v) is 9.79. The number of carbonyl (C=O) groups is 2. The first kappa shape index (κ1) is 23.4. The minimum atomic E-state index is -0.154. The molecule has 2 amide bonds. The van der Waals surface area contributed by atoms with Crippen LogP contribution in [0.2, 0.25) is 0 Å². The highest BCUT2D eigenvalue weighted by Gasteiger charge is 2.36. The maximum absolute atomic E-state index is 13.6. The van der Waals surface area contributed by atoms with Crippen molar-refractivity contribution < 1.29 is 19.4 Å². The van der Waals surface area contributed by atoms with Crippen LogP contribution < -0.4 is 4.74 Å². The lowest BCUT2D eigenvalue weighted by Gasteiger charge is -2.41. The van der Waals surface area contributed by atoms with E-state index in [4.69, 9.17) is 4.74 Å². The Balaban J connectivity index is 1.41. The molecule has 0 saturated carbocycles. The van der Waals surface area contributed by atoms with E-state index in [0.717, 1.165) is 43.0 Å². The van der Waals surface area contributed by atoms with Gasteiger partial charge in [0.05, 0.1) is 12.1 Å². The van der Waals surface area contributed by atoms with E-state index >= 15 is 0 Å². The van der Waals surface area contributed by atoms with Gasteiger partial charge in [0.1, 0.15) is 12.4 Å². The maximum Gasteiger partial charge on any atom is 0.257 e. The third-order valence-electron chi connectivity index (χ3n) is 7.68. The second-order valence-electron chi connectivity index (χ2n) is 9.79. The van der Waals surface area contributed by atoms with Gasteiger partial charge in [-0.1, -0.05) is 24.6 Å². The van der Waals surface area contributed by atoms with Crippen LogP contribution in [0, 0.1) is 5.41 Å². The van der Waals surface area contributed by atoms with E-state index < -0.39 is 0 Å². The Morgan fingerprint density at radius 2 is 1.80 bits per heavy atom. The highest BCUT2D eigenvalue weighted by Crippen LogP contribution is 2.37. The molecule has 0 atom stereocenters.